The minimum atomic E-state index is 0.694. The molecule has 0 N–H and O–H groups in total. The van der Waals surface area contributed by atoms with Gasteiger partial charge in [0.2, 0.25) is 0 Å². The third-order valence-electron chi connectivity index (χ3n) is 19.6. The van der Waals surface area contributed by atoms with Gasteiger partial charge in [-0.1, -0.05) is 303 Å². The zero-order chi connectivity index (χ0) is 68.9. The monoisotopic (exact) mass is 1360 g/mol. The molecule has 488 valence electrons. The van der Waals surface area contributed by atoms with Gasteiger partial charge in [0.25, 0.3) is 0 Å². The van der Waals surface area contributed by atoms with Crippen molar-refractivity contribution in [2.45, 2.75) is 0 Å². The molecular weight excluding hydrogens is 1300 g/mol. The fourth-order valence-corrected chi connectivity index (χ4v) is 17.0. The van der Waals surface area contributed by atoms with Crippen LogP contribution in [0.4, 0.5) is 0 Å². The van der Waals surface area contributed by atoms with Gasteiger partial charge in [0, 0.05) is 85.5 Å². The number of nitrogens with zero attached hydrogens (tertiary/aromatic N) is 6. The molecule has 104 heavy (non-hydrogen) atoms. The van der Waals surface area contributed by atoms with E-state index in [9.17, 15) is 0 Å². The van der Waals surface area contributed by atoms with Gasteiger partial charge in [-0.2, -0.15) is 0 Å². The number of hydrogen-bond donors (Lipinski definition) is 0. The molecular formula is C96H62N6S2. The van der Waals surface area contributed by atoms with Crippen LogP contribution in [0.15, 0.2) is 376 Å². The topological polar surface area (TPSA) is 61.4 Å². The van der Waals surface area contributed by atoms with Crippen molar-refractivity contribution < 1.29 is 0 Å². The molecule has 0 saturated heterocycles. The Kier molecular flexibility index (Phi) is 15.9. The minimum absolute atomic E-state index is 0.694. The summed E-state index contributed by atoms with van der Waals surface area (Å²) in [6.07, 6.45) is 0. The fraction of sp³-hybridized carbons (Fsp3) is 0. The molecule has 0 bridgehead atoms. The van der Waals surface area contributed by atoms with E-state index in [1.807, 2.05) is 59.1 Å². The highest BCUT2D eigenvalue weighted by Gasteiger charge is 2.22. The van der Waals surface area contributed by atoms with E-state index >= 15 is 0 Å². The number of rotatable bonds is 12. The Bertz CT molecular complexity index is 6150. The van der Waals surface area contributed by atoms with E-state index in [2.05, 4.69) is 349 Å². The summed E-state index contributed by atoms with van der Waals surface area (Å²) < 4.78 is 7.41. The Morgan fingerprint density at radius 3 is 0.942 bits per heavy atom. The summed E-state index contributed by atoms with van der Waals surface area (Å²) in [5.41, 5.74) is 23.8. The van der Waals surface area contributed by atoms with Gasteiger partial charge in [-0.15, -0.1) is 22.7 Å². The molecule has 0 radical (unpaired) electrons. The van der Waals surface area contributed by atoms with Gasteiger partial charge in [-0.25, -0.2) is 19.9 Å². The molecule has 14 aromatic carbocycles. The summed E-state index contributed by atoms with van der Waals surface area (Å²) in [5.74, 6) is 1.40. The smallest absolute Gasteiger partial charge is 0.160 e. The van der Waals surface area contributed by atoms with E-state index in [0.717, 1.165) is 67.5 Å². The second kappa shape index (κ2) is 26.7. The van der Waals surface area contributed by atoms with Crippen LogP contribution in [0.25, 0.3) is 186 Å². The quantitative estimate of drug-likeness (QED) is 0.122. The molecule has 6 nitrogen and oxygen atoms in total. The van der Waals surface area contributed by atoms with E-state index in [1.54, 1.807) is 0 Å². The van der Waals surface area contributed by atoms with Crippen molar-refractivity contribution in [3.63, 3.8) is 0 Å². The number of benzene rings is 14. The lowest BCUT2D eigenvalue weighted by molar-refractivity contribution is 1.16. The van der Waals surface area contributed by atoms with Gasteiger partial charge in [0.05, 0.1) is 44.8 Å². The van der Waals surface area contributed by atoms with Crippen LogP contribution in [0.2, 0.25) is 0 Å². The van der Waals surface area contributed by atoms with Crippen molar-refractivity contribution in [1.29, 1.82) is 0 Å². The van der Waals surface area contributed by atoms with E-state index in [-0.39, 0.29) is 0 Å². The van der Waals surface area contributed by atoms with Gasteiger partial charge in [-0.3, -0.25) is 0 Å². The SMILES string of the molecule is c1ccc(-c2ccc(-c3cc(-c4cccc(-n5c6ccccc6c6c7sc(-c8ccccc8)cc7ccc65)c4)nc(-c4ccccc4)n3)cc2)cc1.c1ccc(-c2ccc(-c3cc(-c4ccccc4)nc(-c4cccc(-n5c6ccccc6c6c7sc(-c8ccccc8)cc7ccc65)c4)n3)cc2)cc1. The maximum Gasteiger partial charge on any atom is 0.160 e. The third kappa shape index (κ3) is 11.6. The summed E-state index contributed by atoms with van der Waals surface area (Å²) in [5, 5.41) is 7.62. The Labute approximate surface area is 609 Å². The zero-order valence-corrected chi connectivity index (χ0v) is 57.9. The Balaban J connectivity index is 0.000000143. The van der Waals surface area contributed by atoms with Gasteiger partial charge >= 0.3 is 0 Å². The predicted octanol–water partition coefficient (Wildman–Crippen LogP) is 26.2. The third-order valence-corrected chi connectivity index (χ3v) is 22.1. The highest BCUT2D eigenvalue weighted by atomic mass is 32.1. The Morgan fingerprint density at radius 1 is 0.202 bits per heavy atom. The highest BCUT2D eigenvalue weighted by Crippen LogP contribution is 2.46. The maximum atomic E-state index is 5.20. The second-order valence-electron chi connectivity index (χ2n) is 26.1. The highest BCUT2D eigenvalue weighted by molar-refractivity contribution is 7.23. The number of aromatic nitrogens is 6. The molecule has 20 rings (SSSR count). The van der Waals surface area contributed by atoms with Crippen molar-refractivity contribution >= 4 is 86.5 Å². The van der Waals surface area contributed by atoms with Crippen LogP contribution in [-0.2, 0) is 0 Å². The predicted molar refractivity (Wildman–Crippen MR) is 438 cm³/mol. The molecule has 0 fully saturated rings. The molecule has 6 heterocycles. The minimum Gasteiger partial charge on any atom is -0.309 e. The summed E-state index contributed by atoms with van der Waals surface area (Å²) in [4.78, 5) is 23.2. The molecule has 0 aliphatic carbocycles. The van der Waals surface area contributed by atoms with Crippen LogP contribution in [-0.4, -0.2) is 29.1 Å². The van der Waals surface area contributed by atoms with E-state index in [0.29, 0.717) is 11.6 Å². The zero-order valence-electron chi connectivity index (χ0n) is 56.3. The maximum absolute atomic E-state index is 5.20. The van der Waals surface area contributed by atoms with Crippen molar-refractivity contribution in [3.05, 3.63) is 376 Å². The number of para-hydroxylation sites is 2. The molecule has 8 heteroatoms. The van der Waals surface area contributed by atoms with Crippen molar-refractivity contribution in [1.82, 2.24) is 29.1 Å². The summed E-state index contributed by atoms with van der Waals surface area (Å²) >= 11 is 3.74. The van der Waals surface area contributed by atoms with Crippen molar-refractivity contribution in [2.75, 3.05) is 0 Å². The number of fused-ring (bicyclic) bond motifs is 10. The molecule has 0 saturated carbocycles. The average molecular weight is 1360 g/mol. The summed E-state index contributed by atoms with van der Waals surface area (Å²) in [6, 6.07) is 133. The lowest BCUT2D eigenvalue weighted by Gasteiger charge is -2.12. The van der Waals surface area contributed by atoms with E-state index < -0.39 is 0 Å². The molecule has 0 spiro atoms. The summed E-state index contributed by atoms with van der Waals surface area (Å²) in [6.45, 7) is 0. The largest absolute Gasteiger partial charge is 0.309 e. The van der Waals surface area contributed by atoms with Gasteiger partial charge in [-0.05, 0) is 117 Å². The van der Waals surface area contributed by atoms with Gasteiger partial charge in [0.15, 0.2) is 11.6 Å². The molecule has 0 amide bonds. The molecule has 6 aromatic heterocycles. The van der Waals surface area contributed by atoms with Crippen LogP contribution >= 0.6 is 22.7 Å². The fourth-order valence-electron chi connectivity index (χ4n) is 14.6. The molecule has 0 unspecified atom stereocenters. The van der Waals surface area contributed by atoms with Gasteiger partial charge < -0.3 is 9.13 Å². The first-order valence-corrected chi connectivity index (χ1v) is 36.6. The molecule has 0 aliphatic rings. The van der Waals surface area contributed by atoms with E-state index in [1.165, 1.54) is 107 Å². The second-order valence-corrected chi connectivity index (χ2v) is 28.2. The molecule has 20 aromatic rings. The Hall–Kier alpha value is -13.2. The van der Waals surface area contributed by atoms with E-state index in [4.69, 9.17) is 19.9 Å². The van der Waals surface area contributed by atoms with Crippen LogP contribution < -0.4 is 0 Å². The van der Waals surface area contributed by atoms with Crippen LogP contribution in [0, 0.1) is 0 Å². The Morgan fingerprint density at radius 2 is 0.510 bits per heavy atom. The molecule has 0 atom stereocenters. The van der Waals surface area contributed by atoms with Crippen LogP contribution in [0.1, 0.15) is 0 Å². The number of thiophene rings is 2. The lowest BCUT2D eigenvalue weighted by Crippen LogP contribution is -1.98. The molecule has 0 aliphatic heterocycles. The first-order chi connectivity index (χ1) is 51.5. The van der Waals surface area contributed by atoms with Crippen LogP contribution in [0.5, 0.6) is 0 Å². The lowest BCUT2D eigenvalue weighted by atomic mass is 10.0. The average Bonchev–Trinajstić information content (AvgIpc) is 1.58. The standard InChI is InChI=1S/2C48H31N3S/c1-4-13-32(14-5-1)33-23-25-34(26-24-33)41-31-42(50-48(49-41)36-17-8-3-9-18-36)37-19-12-20-39(29-37)51-43-22-11-10-21-40(43)46-44(51)28-27-38-30-45(52-47(38)46)35-15-6-2-7-16-35;1-4-13-32(14-5-1)33-23-25-35(26-24-33)42-31-41(34-15-6-2-7-16-34)49-48(50-42)38-19-12-20-39(29-38)51-43-22-11-10-21-40(43)46-44(51)28-27-37-30-45(52-47(37)46)36-17-8-3-9-18-36/h2*1-31H. The first-order valence-electron chi connectivity index (χ1n) is 35.0. The van der Waals surface area contributed by atoms with Gasteiger partial charge in [0.1, 0.15) is 0 Å². The van der Waals surface area contributed by atoms with Crippen molar-refractivity contribution in [2.24, 2.45) is 0 Å². The number of hydrogen-bond acceptors (Lipinski definition) is 6. The first kappa shape index (κ1) is 61.8. The van der Waals surface area contributed by atoms with Crippen LogP contribution in [0.3, 0.4) is 0 Å². The van der Waals surface area contributed by atoms with Crippen molar-refractivity contribution in [3.8, 4) is 122 Å². The normalized spacial score (nSPS) is 11.5. The summed E-state index contributed by atoms with van der Waals surface area (Å²) in [7, 11) is 0.